The first-order valence-electron chi connectivity index (χ1n) is 6.72. The lowest BCUT2D eigenvalue weighted by Gasteiger charge is -2.08. The van der Waals surface area contributed by atoms with E-state index in [4.69, 9.17) is 0 Å². The third-order valence-electron chi connectivity index (χ3n) is 3.99. The fraction of sp³-hybridized carbons (Fsp3) is 0.111. The molecule has 1 heterocycles. The van der Waals surface area contributed by atoms with Gasteiger partial charge in [0, 0.05) is 22.2 Å². The molecule has 0 atom stereocenters. The van der Waals surface area contributed by atoms with E-state index in [0.717, 1.165) is 38.9 Å². The highest BCUT2D eigenvalue weighted by atomic mass is 16.1. The van der Waals surface area contributed by atoms with Gasteiger partial charge in [-0.15, -0.1) is 0 Å². The van der Waals surface area contributed by atoms with E-state index >= 15 is 0 Å². The third-order valence-corrected chi connectivity index (χ3v) is 3.99. The summed E-state index contributed by atoms with van der Waals surface area (Å²) in [5.41, 5.74) is 6.61. The van der Waals surface area contributed by atoms with Crippen molar-refractivity contribution in [1.29, 1.82) is 0 Å². The number of pyridine rings is 1. The normalized spacial score (nSPS) is 12.6. The highest BCUT2D eigenvalue weighted by Gasteiger charge is 2.30. The molecule has 1 aliphatic rings. The quantitative estimate of drug-likeness (QED) is 0.476. The number of carbonyl (C=O) groups excluding carboxylic acids is 1. The molecule has 0 aliphatic heterocycles. The van der Waals surface area contributed by atoms with Gasteiger partial charge in [0.15, 0.2) is 5.78 Å². The van der Waals surface area contributed by atoms with Gasteiger partial charge < -0.3 is 0 Å². The van der Waals surface area contributed by atoms with E-state index in [2.05, 4.69) is 30.1 Å². The Morgan fingerprint density at radius 1 is 0.900 bits per heavy atom. The van der Waals surface area contributed by atoms with Crippen LogP contribution in [0.4, 0.5) is 0 Å². The Bertz CT molecular complexity index is 893. The highest BCUT2D eigenvalue weighted by Crippen LogP contribution is 2.41. The molecule has 96 valence electrons. The molecule has 0 saturated heterocycles. The van der Waals surface area contributed by atoms with Gasteiger partial charge in [-0.2, -0.15) is 0 Å². The Kier molecular flexibility index (Phi) is 2.14. The average Bonchev–Trinajstić information content (AvgIpc) is 2.74. The molecule has 0 bridgehead atoms. The number of benzene rings is 2. The molecule has 0 N–H and O–H groups in total. The number of fused-ring (bicyclic) bond motifs is 5. The van der Waals surface area contributed by atoms with Crippen molar-refractivity contribution in [2.24, 2.45) is 0 Å². The number of nitrogens with zero attached hydrogens (tertiary/aromatic N) is 1. The number of rotatable bonds is 0. The van der Waals surface area contributed by atoms with Gasteiger partial charge in [0.25, 0.3) is 0 Å². The van der Waals surface area contributed by atoms with Crippen LogP contribution in [0.1, 0.15) is 27.2 Å². The summed E-state index contributed by atoms with van der Waals surface area (Å²) < 4.78 is 0. The topological polar surface area (TPSA) is 30.0 Å². The number of carbonyl (C=O) groups is 1. The fourth-order valence-corrected chi connectivity index (χ4v) is 3.09. The molecule has 2 nitrogen and oxygen atoms in total. The number of aromatic nitrogens is 1. The Balaban J connectivity index is 2.23. The maximum atomic E-state index is 12.6. The molecule has 0 amide bonds. The summed E-state index contributed by atoms with van der Waals surface area (Å²) in [4.78, 5) is 17.2. The van der Waals surface area contributed by atoms with Crippen LogP contribution in [0.5, 0.6) is 0 Å². The van der Waals surface area contributed by atoms with Crippen LogP contribution >= 0.6 is 0 Å². The first-order chi connectivity index (χ1) is 9.66. The Morgan fingerprint density at radius 3 is 2.45 bits per heavy atom. The fourth-order valence-electron chi connectivity index (χ4n) is 3.09. The molecular weight excluding hydrogens is 246 g/mol. The summed E-state index contributed by atoms with van der Waals surface area (Å²) in [5.74, 6) is 0.100. The Labute approximate surface area is 117 Å². The van der Waals surface area contributed by atoms with Crippen LogP contribution < -0.4 is 0 Å². The molecule has 0 radical (unpaired) electrons. The standard InChI is InChI=1S/C18H13NO/c1-10-7-8-14-15(9-10)19-11(2)16-17(14)12-5-3-4-6-13(12)18(16)20/h3-9H,1-2H3. The number of ketones is 1. The second kappa shape index (κ2) is 3.76. The molecule has 0 spiro atoms. The van der Waals surface area contributed by atoms with Gasteiger partial charge >= 0.3 is 0 Å². The predicted octanol–water partition coefficient (Wildman–Crippen LogP) is 4.06. The number of hydrogen-bond acceptors (Lipinski definition) is 2. The first-order valence-corrected chi connectivity index (χ1v) is 6.72. The monoisotopic (exact) mass is 259 g/mol. The van der Waals surface area contributed by atoms with Gasteiger partial charge in [-0.25, -0.2) is 0 Å². The number of hydrogen-bond donors (Lipinski definition) is 0. The van der Waals surface area contributed by atoms with Crippen molar-refractivity contribution >= 4 is 16.7 Å². The van der Waals surface area contributed by atoms with E-state index in [1.165, 1.54) is 5.56 Å². The summed E-state index contributed by atoms with van der Waals surface area (Å²) in [5, 5.41) is 1.06. The summed E-state index contributed by atoms with van der Waals surface area (Å²) in [6.45, 7) is 3.98. The van der Waals surface area contributed by atoms with E-state index in [1.54, 1.807) is 0 Å². The van der Waals surface area contributed by atoms with E-state index in [1.807, 2.05) is 31.2 Å². The van der Waals surface area contributed by atoms with Crippen LogP contribution in [0.15, 0.2) is 42.5 Å². The summed E-state index contributed by atoms with van der Waals surface area (Å²) in [6, 6.07) is 14.0. The van der Waals surface area contributed by atoms with Gasteiger partial charge in [-0.05, 0) is 31.0 Å². The van der Waals surface area contributed by atoms with E-state index in [0.29, 0.717) is 0 Å². The molecule has 2 aromatic carbocycles. The largest absolute Gasteiger partial charge is 0.288 e. The van der Waals surface area contributed by atoms with Gasteiger partial charge in [0.2, 0.25) is 0 Å². The van der Waals surface area contributed by atoms with Crippen molar-refractivity contribution in [2.75, 3.05) is 0 Å². The maximum Gasteiger partial charge on any atom is 0.196 e. The zero-order chi connectivity index (χ0) is 13.9. The van der Waals surface area contributed by atoms with Crippen molar-refractivity contribution < 1.29 is 4.79 Å². The second-order valence-electron chi connectivity index (χ2n) is 5.34. The van der Waals surface area contributed by atoms with E-state index in [9.17, 15) is 4.79 Å². The molecule has 1 aliphatic carbocycles. The van der Waals surface area contributed by atoms with Crippen molar-refractivity contribution in [3.8, 4) is 11.1 Å². The van der Waals surface area contributed by atoms with E-state index < -0.39 is 0 Å². The van der Waals surface area contributed by atoms with Crippen LogP contribution in [0.25, 0.3) is 22.0 Å². The van der Waals surface area contributed by atoms with E-state index in [-0.39, 0.29) is 5.78 Å². The van der Waals surface area contributed by atoms with Gasteiger partial charge in [0.05, 0.1) is 11.1 Å². The van der Waals surface area contributed by atoms with Crippen molar-refractivity contribution in [2.45, 2.75) is 13.8 Å². The minimum atomic E-state index is 0.100. The lowest BCUT2D eigenvalue weighted by Crippen LogP contribution is -2.00. The smallest absolute Gasteiger partial charge is 0.196 e. The lowest BCUT2D eigenvalue weighted by atomic mass is 9.99. The molecule has 3 aromatic rings. The molecular formula is C18H13NO. The van der Waals surface area contributed by atoms with Crippen LogP contribution in [0.2, 0.25) is 0 Å². The summed E-state index contributed by atoms with van der Waals surface area (Å²) in [7, 11) is 0. The molecule has 2 heteroatoms. The van der Waals surface area contributed by atoms with Crippen molar-refractivity contribution in [1.82, 2.24) is 4.98 Å². The van der Waals surface area contributed by atoms with Crippen molar-refractivity contribution in [3.05, 3.63) is 64.8 Å². The lowest BCUT2D eigenvalue weighted by molar-refractivity contribution is 0.104. The van der Waals surface area contributed by atoms with Crippen LogP contribution in [-0.4, -0.2) is 10.8 Å². The van der Waals surface area contributed by atoms with Crippen LogP contribution in [0.3, 0.4) is 0 Å². The SMILES string of the molecule is Cc1ccc2c3c(c(C)nc2c1)C(=O)c1ccccc1-3. The highest BCUT2D eigenvalue weighted by molar-refractivity contribution is 6.26. The van der Waals surface area contributed by atoms with Crippen LogP contribution in [0, 0.1) is 13.8 Å². The van der Waals surface area contributed by atoms with Gasteiger partial charge in [-0.3, -0.25) is 9.78 Å². The minimum absolute atomic E-state index is 0.100. The molecule has 1 aromatic heterocycles. The maximum absolute atomic E-state index is 12.6. The van der Waals surface area contributed by atoms with Crippen molar-refractivity contribution in [3.63, 3.8) is 0 Å². The molecule has 0 fully saturated rings. The molecule has 0 unspecified atom stereocenters. The Morgan fingerprint density at radius 2 is 1.65 bits per heavy atom. The molecule has 20 heavy (non-hydrogen) atoms. The summed E-state index contributed by atoms with van der Waals surface area (Å²) in [6.07, 6.45) is 0. The zero-order valence-electron chi connectivity index (χ0n) is 11.4. The zero-order valence-corrected chi connectivity index (χ0v) is 11.4. The Hall–Kier alpha value is -2.48. The summed E-state index contributed by atoms with van der Waals surface area (Å²) >= 11 is 0. The van der Waals surface area contributed by atoms with Crippen LogP contribution in [-0.2, 0) is 0 Å². The predicted molar refractivity (Wildman–Crippen MR) is 80.1 cm³/mol. The number of aryl methyl sites for hydroxylation is 2. The molecule has 0 saturated carbocycles. The first kappa shape index (κ1) is 11.4. The minimum Gasteiger partial charge on any atom is -0.288 e. The molecule has 4 rings (SSSR count). The van der Waals surface area contributed by atoms with Gasteiger partial charge in [-0.1, -0.05) is 36.4 Å². The second-order valence-corrected chi connectivity index (χ2v) is 5.34. The third kappa shape index (κ3) is 1.33. The van der Waals surface area contributed by atoms with Gasteiger partial charge in [0.1, 0.15) is 0 Å². The average molecular weight is 259 g/mol.